The van der Waals surface area contributed by atoms with Gasteiger partial charge in [0.05, 0.1) is 0 Å². The summed E-state index contributed by atoms with van der Waals surface area (Å²) in [5.41, 5.74) is 3.96. The van der Waals surface area contributed by atoms with Crippen molar-refractivity contribution in [3.8, 4) is 0 Å². The zero-order chi connectivity index (χ0) is 23.5. The van der Waals surface area contributed by atoms with Gasteiger partial charge in [-0.3, -0.25) is 14.9 Å². The summed E-state index contributed by atoms with van der Waals surface area (Å²) in [6.45, 7) is 4.45. The standard InChI is InChI=1S/C22H23F3N4O2S/c1-14-11-15(2)13-16(12-14)19(30)27-21(32)26-17-3-5-18(6-4-17)28-7-9-29(10-8-28)20(31)22(23,24)25/h3-6,11-13H,7-10H2,1-2H3,(H2,26,27,30,32). The monoisotopic (exact) mass is 464 g/mol. The summed E-state index contributed by atoms with van der Waals surface area (Å²) in [7, 11) is 0. The average molecular weight is 465 g/mol. The number of carbonyl (C=O) groups excluding carboxylic acids is 2. The van der Waals surface area contributed by atoms with Gasteiger partial charge in [-0.2, -0.15) is 13.2 Å². The van der Waals surface area contributed by atoms with Crippen LogP contribution >= 0.6 is 12.2 Å². The van der Waals surface area contributed by atoms with Gasteiger partial charge in [0.25, 0.3) is 5.91 Å². The fraction of sp³-hybridized carbons (Fsp3) is 0.318. The molecule has 170 valence electrons. The molecule has 0 aliphatic carbocycles. The van der Waals surface area contributed by atoms with E-state index >= 15 is 0 Å². The van der Waals surface area contributed by atoms with Gasteiger partial charge < -0.3 is 15.1 Å². The Labute approximate surface area is 189 Å². The number of halogens is 3. The lowest BCUT2D eigenvalue weighted by Gasteiger charge is -2.36. The molecule has 1 aliphatic heterocycles. The molecule has 1 heterocycles. The molecule has 10 heteroatoms. The summed E-state index contributed by atoms with van der Waals surface area (Å²) in [4.78, 5) is 26.5. The minimum Gasteiger partial charge on any atom is -0.368 e. The average Bonchev–Trinajstić information content (AvgIpc) is 2.72. The summed E-state index contributed by atoms with van der Waals surface area (Å²) < 4.78 is 37.7. The number of amides is 2. The number of piperazine rings is 1. The predicted molar refractivity (Wildman–Crippen MR) is 121 cm³/mol. The quantitative estimate of drug-likeness (QED) is 0.680. The van der Waals surface area contributed by atoms with Crippen LogP contribution in [0.25, 0.3) is 0 Å². The van der Waals surface area contributed by atoms with Gasteiger partial charge in [-0.1, -0.05) is 17.2 Å². The first-order chi connectivity index (χ1) is 15.0. The van der Waals surface area contributed by atoms with E-state index in [0.717, 1.165) is 21.7 Å². The first-order valence-corrected chi connectivity index (χ1v) is 10.4. The molecule has 2 aromatic rings. The van der Waals surface area contributed by atoms with Gasteiger partial charge in [0.2, 0.25) is 0 Å². The summed E-state index contributed by atoms with van der Waals surface area (Å²) in [6.07, 6.45) is -4.85. The highest BCUT2D eigenvalue weighted by molar-refractivity contribution is 7.80. The Bertz CT molecular complexity index is 997. The lowest BCUT2D eigenvalue weighted by atomic mass is 10.1. The van der Waals surface area contributed by atoms with Crippen molar-refractivity contribution in [3.63, 3.8) is 0 Å². The molecule has 1 fully saturated rings. The zero-order valence-corrected chi connectivity index (χ0v) is 18.4. The summed E-state index contributed by atoms with van der Waals surface area (Å²) in [6, 6.07) is 12.7. The van der Waals surface area contributed by atoms with Gasteiger partial charge in [-0.15, -0.1) is 0 Å². The lowest BCUT2D eigenvalue weighted by molar-refractivity contribution is -0.185. The Hall–Kier alpha value is -3.14. The van der Waals surface area contributed by atoms with Crippen molar-refractivity contribution in [1.82, 2.24) is 10.2 Å². The number of carbonyl (C=O) groups is 2. The largest absolute Gasteiger partial charge is 0.471 e. The van der Waals surface area contributed by atoms with Crippen LogP contribution in [0.5, 0.6) is 0 Å². The number of thiocarbonyl (C=S) groups is 1. The van der Waals surface area contributed by atoms with Crippen LogP contribution in [0.2, 0.25) is 0 Å². The van der Waals surface area contributed by atoms with Gasteiger partial charge in [0.1, 0.15) is 0 Å². The molecule has 0 bridgehead atoms. The van der Waals surface area contributed by atoms with Crippen LogP contribution in [0.15, 0.2) is 42.5 Å². The third-order valence-electron chi connectivity index (χ3n) is 5.01. The van der Waals surface area contributed by atoms with Gasteiger partial charge in [-0.05, 0) is 62.5 Å². The third-order valence-corrected chi connectivity index (χ3v) is 5.21. The summed E-state index contributed by atoms with van der Waals surface area (Å²) in [5, 5.41) is 5.74. The minimum atomic E-state index is -4.85. The Morgan fingerprint density at radius 2 is 1.50 bits per heavy atom. The van der Waals surface area contributed by atoms with E-state index < -0.39 is 12.1 Å². The Morgan fingerprint density at radius 3 is 2.03 bits per heavy atom. The highest BCUT2D eigenvalue weighted by Gasteiger charge is 2.43. The fourth-order valence-corrected chi connectivity index (χ4v) is 3.76. The highest BCUT2D eigenvalue weighted by Crippen LogP contribution is 2.23. The van der Waals surface area contributed by atoms with E-state index in [0.29, 0.717) is 24.3 Å². The molecule has 1 saturated heterocycles. The number of benzene rings is 2. The third kappa shape index (κ3) is 5.97. The van der Waals surface area contributed by atoms with Crippen LogP contribution in [-0.2, 0) is 4.79 Å². The Balaban J connectivity index is 1.53. The smallest absolute Gasteiger partial charge is 0.368 e. The van der Waals surface area contributed by atoms with E-state index in [1.54, 1.807) is 36.4 Å². The number of nitrogens with zero attached hydrogens (tertiary/aromatic N) is 2. The number of anilines is 2. The van der Waals surface area contributed by atoms with Crippen molar-refractivity contribution in [3.05, 3.63) is 59.2 Å². The zero-order valence-electron chi connectivity index (χ0n) is 17.6. The van der Waals surface area contributed by atoms with Crippen molar-refractivity contribution in [2.45, 2.75) is 20.0 Å². The SMILES string of the molecule is Cc1cc(C)cc(C(=O)NC(=S)Nc2ccc(N3CCN(C(=O)C(F)(F)F)CC3)cc2)c1. The molecule has 2 aromatic carbocycles. The van der Waals surface area contributed by atoms with Crippen molar-refractivity contribution < 1.29 is 22.8 Å². The normalized spacial score (nSPS) is 14.2. The van der Waals surface area contributed by atoms with Gasteiger partial charge >= 0.3 is 12.1 Å². The molecule has 0 unspecified atom stereocenters. The first kappa shape index (κ1) is 23.5. The van der Waals surface area contributed by atoms with Gasteiger partial charge in [0.15, 0.2) is 5.11 Å². The van der Waals surface area contributed by atoms with Crippen LogP contribution in [0.1, 0.15) is 21.5 Å². The van der Waals surface area contributed by atoms with Crippen molar-refractivity contribution in [2.75, 3.05) is 36.4 Å². The van der Waals surface area contributed by atoms with E-state index in [9.17, 15) is 22.8 Å². The second kappa shape index (κ2) is 9.56. The molecule has 0 atom stereocenters. The number of nitrogens with one attached hydrogen (secondary N) is 2. The van der Waals surface area contributed by atoms with Gasteiger partial charge in [-0.25, -0.2) is 0 Å². The number of hydrogen-bond acceptors (Lipinski definition) is 4. The Morgan fingerprint density at radius 1 is 0.938 bits per heavy atom. The second-order valence-corrected chi connectivity index (χ2v) is 8.02. The molecule has 6 nitrogen and oxygen atoms in total. The van der Waals surface area contributed by atoms with Crippen LogP contribution in [0, 0.1) is 13.8 Å². The van der Waals surface area contributed by atoms with E-state index in [1.807, 2.05) is 24.8 Å². The van der Waals surface area contributed by atoms with Gasteiger partial charge in [0, 0.05) is 43.1 Å². The number of rotatable bonds is 3. The van der Waals surface area contributed by atoms with Crippen molar-refractivity contribution in [2.24, 2.45) is 0 Å². The van der Waals surface area contributed by atoms with E-state index in [-0.39, 0.29) is 24.1 Å². The Kier molecular flexibility index (Phi) is 7.02. The molecular weight excluding hydrogens is 441 g/mol. The van der Waals surface area contributed by atoms with E-state index in [4.69, 9.17) is 12.2 Å². The molecule has 1 aliphatic rings. The minimum absolute atomic E-state index is 0.00684. The highest BCUT2D eigenvalue weighted by atomic mass is 32.1. The second-order valence-electron chi connectivity index (χ2n) is 7.61. The molecule has 0 saturated carbocycles. The maximum atomic E-state index is 12.6. The molecule has 0 spiro atoms. The lowest BCUT2D eigenvalue weighted by Crippen LogP contribution is -2.52. The summed E-state index contributed by atoms with van der Waals surface area (Å²) in [5.74, 6) is -2.11. The number of aryl methyl sites for hydroxylation is 2. The molecule has 2 amide bonds. The number of hydrogen-bond donors (Lipinski definition) is 2. The fourth-order valence-electron chi connectivity index (χ4n) is 3.55. The summed E-state index contributed by atoms with van der Waals surface area (Å²) >= 11 is 5.22. The van der Waals surface area contributed by atoms with Crippen molar-refractivity contribution >= 4 is 40.5 Å². The van der Waals surface area contributed by atoms with Crippen LogP contribution in [0.4, 0.5) is 24.5 Å². The topological polar surface area (TPSA) is 64.7 Å². The predicted octanol–water partition coefficient (Wildman–Crippen LogP) is 3.64. The van der Waals surface area contributed by atoms with Crippen LogP contribution < -0.4 is 15.5 Å². The van der Waals surface area contributed by atoms with E-state index in [2.05, 4.69) is 10.6 Å². The van der Waals surface area contributed by atoms with Crippen LogP contribution in [0.3, 0.4) is 0 Å². The van der Waals surface area contributed by atoms with Crippen LogP contribution in [-0.4, -0.2) is 54.2 Å². The molecule has 0 radical (unpaired) electrons. The number of alkyl halides is 3. The van der Waals surface area contributed by atoms with E-state index in [1.165, 1.54) is 0 Å². The molecule has 2 N–H and O–H groups in total. The molecule has 32 heavy (non-hydrogen) atoms. The van der Waals surface area contributed by atoms with Crippen molar-refractivity contribution in [1.29, 1.82) is 0 Å². The molecule has 3 rings (SSSR count). The maximum absolute atomic E-state index is 12.6. The molecular formula is C22H23F3N4O2S. The maximum Gasteiger partial charge on any atom is 0.471 e. The first-order valence-electron chi connectivity index (χ1n) is 9.94. The molecule has 0 aromatic heterocycles.